The molecule has 0 atom stereocenters. The second-order valence-electron chi connectivity index (χ2n) is 26.1. The SMILES string of the molecule is Cc1cc(C)cc(-c2cccc(-c3cc(C)cc(C)c3)c2N(c2c(-c3cc(C)cc(C)c3)cccc2-c2cc(C)cc(C)c2)c2ccc3ccc4c(-n5c6ccc(C(C)(C)C)cc6c6cc(C(C)(C)C)ccc65)ccc5ccc2c3c54)c1. The Balaban J connectivity index is 1.19. The first-order valence-corrected chi connectivity index (χ1v) is 29.4. The fraction of sp³-hybridized carbons (Fsp3) is 0.200. The van der Waals surface area contributed by atoms with E-state index in [1.807, 2.05) is 0 Å². The van der Waals surface area contributed by atoms with E-state index in [0.717, 1.165) is 17.1 Å². The van der Waals surface area contributed by atoms with Crippen LogP contribution in [0.5, 0.6) is 0 Å². The maximum atomic E-state index is 2.69. The number of benzene rings is 12. The van der Waals surface area contributed by atoms with E-state index in [0.29, 0.717) is 0 Å². The van der Waals surface area contributed by atoms with Crippen LogP contribution in [0.2, 0.25) is 0 Å². The number of rotatable bonds is 8. The Labute approximate surface area is 485 Å². The van der Waals surface area contributed by atoms with Crippen LogP contribution < -0.4 is 4.90 Å². The van der Waals surface area contributed by atoms with Crippen molar-refractivity contribution >= 4 is 71.2 Å². The van der Waals surface area contributed by atoms with Crippen LogP contribution in [0.4, 0.5) is 17.1 Å². The highest BCUT2D eigenvalue weighted by atomic mass is 15.2. The molecule has 13 aromatic rings. The molecule has 2 nitrogen and oxygen atoms in total. The zero-order valence-electron chi connectivity index (χ0n) is 50.4. The Kier molecular flexibility index (Phi) is 12.5. The Bertz CT molecular complexity index is 4290. The lowest BCUT2D eigenvalue weighted by Crippen LogP contribution is -2.16. The first kappa shape index (κ1) is 52.6. The number of nitrogens with zero attached hydrogens (tertiary/aromatic N) is 2. The number of fused-ring (bicyclic) bond motifs is 3. The number of aryl methyl sites for hydroxylation is 8. The van der Waals surface area contributed by atoms with Crippen molar-refractivity contribution in [3.05, 3.63) is 250 Å². The molecule has 0 saturated heterocycles. The molecule has 0 aliphatic rings. The van der Waals surface area contributed by atoms with E-state index in [-0.39, 0.29) is 10.8 Å². The number of hydrogen-bond donors (Lipinski definition) is 0. The van der Waals surface area contributed by atoms with E-state index >= 15 is 0 Å². The van der Waals surface area contributed by atoms with Crippen molar-refractivity contribution in [2.24, 2.45) is 0 Å². The zero-order valence-corrected chi connectivity index (χ0v) is 50.4. The fourth-order valence-corrected chi connectivity index (χ4v) is 13.8. The minimum absolute atomic E-state index is 0.00131. The van der Waals surface area contributed by atoms with Crippen molar-refractivity contribution in [2.75, 3.05) is 4.90 Å². The van der Waals surface area contributed by atoms with Crippen molar-refractivity contribution in [1.29, 1.82) is 0 Å². The summed E-state index contributed by atoms with van der Waals surface area (Å²) in [5.41, 5.74) is 29.1. The molecule has 404 valence electrons. The average Bonchev–Trinajstić information content (AvgIpc) is 2.11. The van der Waals surface area contributed by atoms with Crippen LogP contribution in [0.3, 0.4) is 0 Å². The van der Waals surface area contributed by atoms with Gasteiger partial charge in [0.25, 0.3) is 0 Å². The summed E-state index contributed by atoms with van der Waals surface area (Å²) in [7, 11) is 0. The maximum Gasteiger partial charge on any atom is 0.0619 e. The summed E-state index contributed by atoms with van der Waals surface area (Å²) in [5.74, 6) is 0. The van der Waals surface area contributed by atoms with Gasteiger partial charge in [0.15, 0.2) is 0 Å². The predicted molar refractivity (Wildman–Crippen MR) is 356 cm³/mol. The van der Waals surface area contributed by atoms with Crippen LogP contribution in [-0.4, -0.2) is 4.57 Å². The van der Waals surface area contributed by atoms with E-state index in [1.54, 1.807) is 0 Å². The topological polar surface area (TPSA) is 8.17 Å². The third-order valence-corrected chi connectivity index (χ3v) is 17.2. The Morgan fingerprint density at radius 2 is 0.634 bits per heavy atom. The zero-order chi connectivity index (χ0) is 57.3. The summed E-state index contributed by atoms with van der Waals surface area (Å²) < 4.78 is 2.55. The molecule has 1 heterocycles. The molecule has 0 aliphatic carbocycles. The highest BCUT2D eigenvalue weighted by Crippen LogP contribution is 2.55. The lowest BCUT2D eigenvalue weighted by atomic mass is 9.85. The molecule has 0 N–H and O–H groups in total. The van der Waals surface area contributed by atoms with Gasteiger partial charge < -0.3 is 9.47 Å². The summed E-state index contributed by atoms with van der Waals surface area (Å²) in [6, 6.07) is 75.7. The van der Waals surface area contributed by atoms with Gasteiger partial charge in [-0.3, -0.25) is 0 Å². The third-order valence-electron chi connectivity index (χ3n) is 17.2. The van der Waals surface area contributed by atoms with Crippen LogP contribution >= 0.6 is 0 Å². The van der Waals surface area contributed by atoms with Crippen LogP contribution in [0.25, 0.3) is 104 Å². The molecule has 2 heteroatoms. The molecule has 1 aromatic heterocycles. The summed E-state index contributed by atoms with van der Waals surface area (Å²) in [6.45, 7) is 31.8. The summed E-state index contributed by atoms with van der Waals surface area (Å²) >= 11 is 0. The number of hydrogen-bond acceptors (Lipinski definition) is 1. The van der Waals surface area contributed by atoms with Crippen LogP contribution in [0.15, 0.2) is 194 Å². The molecule has 0 aliphatic heterocycles. The molecule has 82 heavy (non-hydrogen) atoms. The van der Waals surface area contributed by atoms with Gasteiger partial charge in [0.2, 0.25) is 0 Å². The minimum Gasteiger partial charge on any atom is -0.309 e. The van der Waals surface area contributed by atoms with Gasteiger partial charge in [-0.05, 0) is 158 Å². The molecular weight excluding hydrogens is 989 g/mol. The van der Waals surface area contributed by atoms with Crippen LogP contribution in [0.1, 0.15) is 97.2 Å². The average molecular weight is 1060 g/mol. The highest BCUT2D eigenvalue weighted by molar-refractivity contribution is 6.28. The standard InChI is InChI=1S/C80H74N2/c1-47-33-48(2)38-57(37-47)63-17-15-18-64(58-39-49(3)34-50(4)40-58)77(63)82(78-65(59-41-51(5)35-52(6)42-59)19-16-20-66(78)60-43-53(7)36-54(8)44-60)72-30-24-56-21-27-67-71(29-23-55-22-28-68(72)76(56)75(55)67)81-73-31-25-61(79(9,10)11)45-69(73)70-46-62(80(12,13)14)26-32-74(70)81/h15-46H,1-14H3. The lowest BCUT2D eigenvalue weighted by molar-refractivity contribution is 0.590. The van der Waals surface area contributed by atoms with Crippen molar-refractivity contribution in [3.8, 4) is 50.2 Å². The van der Waals surface area contributed by atoms with Gasteiger partial charge in [0.1, 0.15) is 0 Å². The number of aromatic nitrogens is 1. The molecule has 0 radical (unpaired) electrons. The molecule has 0 fully saturated rings. The third kappa shape index (κ3) is 9.05. The monoisotopic (exact) mass is 1060 g/mol. The molecule has 0 spiro atoms. The molecule has 12 aromatic carbocycles. The van der Waals surface area contributed by atoms with Gasteiger partial charge in [-0.2, -0.15) is 0 Å². The van der Waals surface area contributed by atoms with Crippen LogP contribution in [-0.2, 0) is 10.8 Å². The minimum atomic E-state index is 0.00131. The molecule has 0 amide bonds. The second kappa shape index (κ2) is 19.5. The molecule has 0 unspecified atom stereocenters. The number of para-hydroxylation sites is 2. The second-order valence-corrected chi connectivity index (χ2v) is 26.1. The Morgan fingerprint density at radius 1 is 0.305 bits per heavy atom. The van der Waals surface area contributed by atoms with Crippen molar-refractivity contribution in [3.63, 3.8) is 0 Å². The van der Waals surface area contributed by atoms with E-state index in [1.165, 1.54) is 160 Å². The van der Waals surface area contributed by atoms with Gasteiger partial charge in [-0.25, -0.2) is 0 Å². The largest absolute Gasteiger partial charge is 0.309 e. The Hall–Kier alpha value is -8.72. The molecule has 13 rings (SSSR count). The lowest BCUT2D eigenvalue weighted by Gasteiger charge is -2.35. The molecule has 0 saturated carbocycles. The highest BCUT2D eigenvalue weighted by Gasteiger charge is 2.30. The van der Waals surface area contributed by atoms with E-state index in [9.17, 15) is 0 Å². The van der Waals surface area contributed by atoms with Gasteiger partial charge in [-0.15, -0.1) is 0 Å². The fourth-order valence-electron chi connectivity index (χ4n) is 13.8. The smallest absolute Gasteiger partial charge is 0.0619 e. The van der Waals surface area contributed by atoms with Crippen molar-refractivity contribution in [2.45, 2.75) is 108 Å². The van der Waals surface area contributed by atoms with Gasteiger partial charge >= 0.3 is 0 Å². The summed E-state index contributed by atoms with van der Waals surface area (Å²) in [4.78, 5) is 2.69. The summed E-state index contributed by atoms with van der Waals surface area (Å²) in [6.07, 6.45) is 0. The molecule has 0 bridgehead atoms. The first-order chi connectivity index (χ1) is 39.2. The Morgan fingerprint density at radius 3 is 1.00 bits per heavy atom. The van der Waals surface area contributed by atoms with E-state index < -0.39 is 0 Å². The quantitative estimate of drug-likeness (QED) is 0.138. The van der Waals surface area contributed by atoms with Gasteiger partial charge in [0, 0.05) is 43.8 Å². The van der Waals surface area contributed by atoms with Crippen molar-refractivity contribution in [1.82, 2.24) is 4.57 Å². The first-order valence-electron chi connectivity index (χ1n) is 29.4. The van der Waals surface area contributed by atoms with Crippen LogP contribution in [0, 0.1) is 55.4 Å². The van der Waals surface area contributed by atoms with Crippen molar-refractivity contribution < 1.29 is 0 Å². The number of anilines is 3. The maximum absolute atomic E-state index is 2.69. The molecular formula is C80H74N2. The predicted octanol–water partition coefficient (Wildman–Crippen LogP) is 22.9. The van der Waals surface area contributed by atoms with E-state index in [4.69, 9.17) is 0 Å². The normalized spacial score (nSPS) is 12.3. The van der Waals surface area contributed by atoms with Gasteiger partial charge in [0.05, 0.1) is 33.8 Å². The van der Waals surface area contributed by atoms with E-state index in [2.05, 4.69) is 301 Å². The summed E-state index contributed by atoms with van der Waals surface area (Å²) in [5, 5.41) is 10.00. The van der Waals surface area contributed by atoms with Gasteiger partial charge in [-0.1, -0.05) is 244 Å².